The van der Waals surface area contributed by atoms with E-state index in [9.17, 15) is 57.1 Å². The van der Waals surface area contributed by atoms with Crippen LogP contribution in [0, 0.1) is 0 Å². The molecule has 0 aliphatic rings. The van der Waals surface area contributed by atoms with Crippen LogP contribution in [0.1, 0.15) is 64.7 Å². The van der Waals surface area contributed by atoms with Gasteiger partial charge in [-0.15, -0.1) is 0 Å². The molecule has 0 saturated heterocycles. The van der Waals surface area contributed by atoms with Crippen LogP contribution in [0.25, 0.3) is 0 Å². The largest absolute Gasteiger partial charge is 0.460 e. The predicted molar refractivity (Wildman–Crippen MR) is 95.8 cm³/mol. The summed E-state index contributed by atoms with van der Waals surface area (Å²) in [6.45, 7) is 1.97. The second-order valence-corrected chi connectivity index (χ2v) is 8.97. The van der Waals surface area contributed by atoms with Crippen molar-refractivity contribution in [3.63, 3.8) is 0 Å². The van der Waals surface area contributed by atoms with Crippen LogP contribution < -0.4 is 0 Å². The van der Waals surface area contributed by atoms with Crippen LogP contribution in [0.4, 0.5) is 57.1 Å². The lowest BCUT2D eigenvalue weighted by atomic mass is 9.91. The van der Waals surface area contributed by atoms with Gasteiger partial charge in [0.1, 0.15) is 0 Å². The van der Waals surface area contributed by atoms with Gasteiger partial charge in [0.05, 0.1) is 0 Å². The molecule has 1 atom stereocenters. The Morgan fingerprint density at radius 3 is 1.35 bits per heavy atom. The third kappa shape index (κ3) is 6.67. The Labute approximate surface area is 184 Å². The van der Waals surface area contributed by atoms with E-state index < -0.39 is 46.1 Å². The minimum atomic E-state index is -7.83. The highest BCUT2D eigenvalue weighted by Crippen LogP contribution is 2.61. The first kappa shape index (κ1) is 30.8. The fourth-order valence-corrected chi connectivity index (χ4v) is 3.63. The summed E-state index contributed by atoms with van der Waals surface area (Å²) < 4.78 is 168. The Hall–Kier alpha value is -0.180. The summed E-state index contributed by atoms with van der Waals surface area (Å²) in [4.78, 5) is 0. The number of alkyl halides is 14. The molecule has 1 unspecified atom stereocenters. The Bertz CT molecular complexity index is 543. The van der Waals surface area contributed by atoms with Crippen LogP contribution in [0.15, 0.2) is 0 Å². The maximum atomic E-state index is 13.8. The quantitative estimate of drug-likeness (QED) is 0.0808. The molecule has 188 valence electrons. The van der Waals surface area contributed by atoms with Crippen LogP contribution in [0.5, 0.6) is 0 Å². The number of hydrogen-bond donors (Lipinski definition) is 0. The number of halogens is 14. The average molecular weight is 600 g/mol. The highest BCUT2D eigenvalue weighted by molar-refractivity contribution is 14.1. The zero-order chi connectivity index (χ0) is 24.9. The zero-order valence-electron chi connectivity index (χ0n) is 16.2. The smallest absolute Gasteiger partial charge is 0.200 e. The second-order valence-electron chi connectivity index (χ2n) is 7.21. The lowest BCUT2D eigenvalue weighted by Gasteiger charge is -2.40. The fraction of sp³-hybridized carbons (Fsp3) is 1.00. The molecule has 0 aliphatic carbocycles. The van der Waals surface area contributed by atoms with Gasteiger partial charge >= 0.3 is 35.8 Å². The van der Waals surface area contributed by atoms with Crippen molar-refractivity contribution in [2.45, 2.75) is 104 Å². The molecule has 0 spiro atoms. The molecule has 0 aromatic heterocycles. The van der Waals surface area contributed by atoms with E-state index in [1.165, 1.54) is 22.6 Å². The van der Waals surface area contributed by atoms with Crippen molar-refractivity contribution in [3.8, 4) is 0 Å². The van der Waals surface area contributed by atoms with Crippen molar-refractivity contribution < 1.29 is 57.1 Å². The van der Waals surface area contributed by atoms with Crippen molar-refractivity contribution in [1.29, 1.82) is 0 Å². The predicted octanol–water partition coefficient (Wildman–Crippen LogP) is 9.06. The molecule has 0 radical (unpaired) electrons. The van der Waals surface area contributed by atoms with E-state index >= 15 is 0 Å². The lowest BCUT2D eigenvalue weighted by Crippen LogP contribution is -2.70. The molecular formula is C17H22F13I. The Morgan fingerprint density at radius 1 is 0.548 bits per heavy atom. The van der Waals surface area contributed by atoms with Gasteiger partial charge in [-0.05, 0) is 6.42 Å². The van der Waals surface area contributed by atoms with E-state index in [1.54, 1.807) is 0 Å². The van der Waals surface area contributed by atoms with E-state index in [0.717, 1.165) is 25.7 Å². The molecule has 0 N–H and O–H groups in total. The van der Waals surface area contributed by atoms with Crippen LogP contribution in [-0.2, 0) is 0 Å². The summed E-state index contributed by atoms with van der Waals surface area (Å²) in [6.07, 6.45) is -4.60. The maximum Gasteiger partial charge on any atom is 0.460 e. The molecule has 0 rings (SSSR count). The monoisotopic (exact) mass is 600 g/mol. The fourth-order valence-electron chi connectivity index (χ4n) is 2.63. The van der Waals surface area contributed by atoms with Crippen LogP contribution >= 0.6 is 22.6 Å². The van der Waals surface area contributed by atoms with Gasteiger partial charge in [0.25, 0.3) is 0 Å². The molecule has 0 amide bonds. The number of hydrogen-bond acceptors (Lipinski definition) is 0. The summed E-state index contributed by atoms with van der Waals surface area (Å²) in [5.41, 5.74) is 0. The summed E-state index contributed by atoms with van der Waals surface area (Å²) in [7, 11) is 0. The van der Waals surface area contributed by atoms with Crippen LogP contribution in [0.2, 0.25) is 0 Å². The Balaban J connectivity index is 5.28. The van der Waals surface area contributed by atoms with Crippen molar-refractivity contribution in [3.05, 3.63) is 0 Å². The van der Waals surface area contributed by atoms with E-state index in [1.807, 2.05) is 6.92 Å². The first-order valence-electron chi connectivity index (χ1n) is 9.30. The first-order chi connectivity index (χ1) is 13.7. The minimum Gasteiger partial charge on any atom is -0.200 e. The maximum absolute atomic E-state index is 13.8. The summed E-state index contributed by atoms with van der Waals surface area (Å²) in [5.74, 6) is -36.4. The number of unbranched alkanes of at least 4 members (excludes halogenated alkanes) is 6. The first-order valence-corrected chi connectivity index (χ1v) is 10.5. The van der Waals surface area contributed by atoms with Gasteiger partial charge < -0.3 is 0 Å². The van der Waals surface area contributed by atoms with Gasteiger partial charge in [0.2, 0.25) is 0 Å². The van der Waals surface area contributed by atoms with E-state index in [4.69, 9.17) is 0 Å². The van der Waals surface area contributed by atoms with E-state index in [2.05, 4.69) is 0 Å². The molecule has 0 heterocycles. The molecule has 0 saturated carbocycles. The Kier molecular flexibility index (Phi) is 10.8. The second kappa shape index (κ2) is 10.8. The molecule has 31 heavy (non-hydrogen) atoms. The van der Waals surface area contributed by atoms with E-state index in [0.29, 0.717) is 12.8 Å². The summed E-state index contributed by atoms with van der Waals surface area (Å²) in [5, 5.41) is 0. The third-order valence-corrected chi connectivity index (χ3v) is 5.66. The zero-order valence-corrected chi connectivity index (χ0v) is 18.4. The molecule has 0 aromatic carbocycles. The molecular weight excluding hydrogens is 578 g/mol. The Morgan fingerprint density at radius 2 is 0.935 bits per heavy atom. The minimum absolute atomic E-state index is 0.194. The standard InChI is InChI=1S/C17H22F13I/c1-2-3-4-5-6-7-8-9-11(31)10-12(18,19)13(20,21)14(22,23)15(24,25)16(26,27)17(28,29)30/h11H,2-10H2,1H3. The van der Waals surface area contributed by atoms with Crippen molar-refractivity contribution >= 4 is 22.6 Å². The van der Waals surface area contributed by atoms with Crippen molar-refractivity contribution in [2.75, 3.05) is 0 Å². The molecule has 0 nitrogen and oxygen atoms in total. The van der Waals surface area contributed by atoms with Gasteiger partial charge in [-0.1, -0.05) is 74.5 Å². The summed E-state index contributed by atoms with van der Waals surface area (Å²) >= 11 is 1.19. The van der Waals surface area contributed by atoms with Crippen molar-refractivity contribution in [2.24, 2.45) is 0 Å². The van der Waals surface area contributed by atoms with Gasteiger partial charge in [-0.25, -0.2) is 0 Å². The van der Waals surface area contributed by atoms with Crippen molar-refractivity contribution in [1.82, 2.24) is 0 Å². The van der Waals surface area contributed by atoms with Gasteiger partial charge in [-0.3, -0.25) is 0 Å². The molecule has 14 heteroatoms. The molecule has 0 aliphatic heterocycles. The normalized spacial score (nSPS) is 16.0. The van der Waals surface area contributed by atoms with E-state index in [-0.39, 0.29) is 12.8 Å². The lowest BCUT2D eigenvalue weighted by molar-refractivity contribution is -0.440. The van der Waals surface area contributed by atoms with Crippen LogP contribution in [-0.4, -0.2) is 39.7 Å². The van der Waals surface area contributed by atoms with Gasteiger partial charge in [0, 0.05) is 10.3 Å². The number of rotatable bonds is 14. The average Bonchev–Trinajstić information content (AvgIpc) is 2.58. The molecule has 0 fully saturated rings. The highest BCUT2D eigenvalue weighted by atomic mass is 127. The third-order valence-electron chi connectivity index (χ3n) is 4.60. The highest BCUT2D eigenvalue weighted by Gasteiger charge is 2.90. The SMILES string of the molecule is CCCCCCCCCC(I)CC(F)(F)C(F)(F)C(F)(F)C(F)(F)C(F)(F)C(F)(F)F. The van der Waals surface area contributed by atoms with Gasteiger partial charge in [0.15, 0.2) is 0 Å². The topological polar surface area (TPSA) is 0 Å². The molecule has 0 bridgehead atoms. The summed E-state index contributed by atoms with van der Waals surface area (Å²) in [6, 6.07) is 0. The van der Waals surface area contributed by atoms with Crippen LogP contribution in [0.3, 0.4) is 0 Å². The molecule has 0 aromatic rings. The van der Waals surface area contributed by atoms with Gasteiger partial charge in [-0.2, -0.15) is 57.1 Å².